The van der Waals surface area contributed by atoms with E-state index in [9.17, 15) is 19.7 Å². The van der Waals surface area contributed by atoms with Crippen molar-refractivity contribution in [3.8, 4) is 0 Å². The molecule has 0 atom stereocenters. The Morgan fingerprint density at radius 2 is 1.73 bits per heavy atom. The van der Waals surface area contributed by atoms with Crippen LogP contribution in [0, 0.1) is 10.1 Å². The monoisotopic (exact) mass is 373 g/mol. The van der Waals surface area contributed by atoms with Crippen molar-refractivity contribution in [2.45, 2.75) is 11.4 Å². The third-order valence-electron chi connectivity index (χ3n) is 3.70. The topological polar surface area (TPSA) is 92.6 Å². The number of rotatable bonds is 7. The van der Waals surface area contributed by atoms with E-state index < -0.39 is 4.92 Å². The number of carbonyl (C=O) groups is 2. The van der Waals surface area contributed by atoms with Crippen LogP contribution in [0.3, 0.4) is 0 Å². The molecular weight excluding hydrogens is 354 g/mol. The van der Waals surface area contributed by atoms with Gasteiger partial charge in [0.25, 0.3) is 11.6 Å². The van der Waals surface area contributed by atoms with Crippen molar-refractivity contribution < 1.29 is 14.5 Å². The van der Waals surface area contributed by atoms with Crippen LogP contribution in [0.5, 0.6) is 0 Å². The maximum atomic E-state index is 12.3. The summed E-state index contributed by atoms with van der Waals surface area (Å²) in [4.78, 5) is 36.3. The second-order valence-corrected chi connectivity index (χ2v) is 6.61. The summed E-state index contributed by atoms with van der Waals surface area (Å²) in [7, 11) is 3.29. The molecule has 0 fully saturated rings. The number of amides is 2. The zero-order chi connectivity index (χ0) is 19.1. The average Bonchev–Trinajstić information content (AvgIpc) is 2.66. The van der Waals surface area contributed by atoms with E-state index in [-0.39, 0.29) is 23.3 Å². The van der Waals surface area contributed by atoms with E-state index in [2.05, 4.69) is 5.32 Å². The minimum absolute atomic E-state index is 0.0259. The molecule has 0 aliphatic rings. The SMILES string of the molecule is CNC(=O)c1ccc(CN(C)C(=O)CSc2ccc([N+](=O)[O-])cc2)cc1. The molecule has 7 nitrogen and oxygen atoms in total. The first-order valence-corrected chi connectivity index (χ1v) is 8.81. The van der Waals surface area contributed by atoms with Crippen LogP contribution in [-0.2, 0) is 11.3 Å². The molecule has 0 bridgehead atoms. The van der Waals surface area contributed by atoms with Crippen LogP contribution in [0.4, 0.5) is 5.69 Å². The number of hydrogen-bond acceptors (Lipinski definition) is 5. The summed E-state index contributed by atoms with van der Waals surface area (Å²) in [5.41, 5.74) is 1.52. The first kappa shape index (κ1) is 19.5. The zero-order valence-electron chi connectivity index (χ0n) is 14.5. The van der Waals surface area contributed by atoms with E-state index in [0.29, 0.717) is 12.1 Å². The van der Waals surface area contributed by atoms with Crippen LogP contribution >= 0.6 is 11.8 Å². The van der Waals surface area contributed by atoms with Crippen molar-refractivity contribution in [3.63, 3.8) is 0 Å². The van der Waals surface area contributed by atoms with Crippen LogP contribution < -0.4 is 5.32 Å². The maximum absolute atomic E-state index is 12.3. The largest absolute Gasteiger partial charge is 0.355 e. The second kappa shape index (κ2) is 9.00. The number of nitro groups is 1. The lowest BCUT2D eigenvalue weighted by atomic mass is 10.1. The van der Waals surface area contributed by atoms with Crippen LogP contribution in [0.15, 0.2) is 53.4 Å². The molecule has 26 heavy (non-hydrogen) atoms. The normalized spacial score (nSPS) is 10.2. The van der Waals surface area contributed by atoms with Gasteiger partial charge in [0.05, 0.1) is 10.7 Å². The van der Waals surface area contributed by atoms with Crippen LogP contribution in [0.25, 0.3) is 0 Å². The highest BCUT2D eigenvalue weighted by Gasteiger charge is 2.11. The fourth-order valence-corrected chi connectivity index (χ4v) is 3.03. The van der Waals surface area contributed by atoms with Gasteiger partial charge in [-0.15, -0.1) is 11.8 Å². The Kier molecular flexibility index (Phi) is 6.74. The number of nitrogens with one attached hydrogen (secondary N) is 1. The zero-order valence-corrected chi connectivity index (χ0v) is 15.3. The molecule has 0 saturated heterocycles. The number of nitro benzene ring substituents is 1. The highest BCUT2D eigenvalue weighted by molar-refractivity contribution is 8.00. The van der Waals surface area contributed by atoms with Crippen molar-refractivity contribution in [2.24, 2.45) is 0 Å². The first-order chi connectivity index (χ1) is 12.4. The summed E-state index contributed by atoms with van der Waals surface area (Å²) in [5.74, 6) is 0.0363. The number of nitrogens with zero attached hydrogens (tertiary/aromatic N) is 2. The molecule has 0 saturated carbocycles. The van der Waals surface area contributed by atoms with Gasteiger partial charge in [0.2, 0.25) is 5.91 Å². The number of carbonyl (C=O) groups excluding carboxylic acids is 2. The summed E-state index contributed by atoms with van der Waals surface area (Å²) in [6, 6.07) is 13.2. The van der Waals surface area contributed by atoms with Gasteiger partial charge >= 0.3 is 0 Å². The van der Waals surface area contributed by atoms with Crippen molar-refractivity contribution >= 4 is 29.3 Å². The van der Waals surface area contributed by atoms with Gasteiger partial charge in [-0.3, -0.25) is 19.7 Å². The Balaban J connectivity index is 1.87. The third kappa shape index (κ3) is 5.32. The Bertz CT molecular complexity index is 791. The Hall–Kier alpha value is -2.87. The van der Waals surface area contributed by atoms with Crippen LogP contribution in [0.1, 0.15) is 15.9 Å². The molecule has 8 heteroatoms. The fourth-order valence-electron chi connectivity index (χ4n) is 2.19. The number of non-ortho nitro benzene ring substituents is 1. The molecule has 2 rings (SSSR count). The molecular formula is C18H19N3O4S. The smallest absolute Gasteiger partial charge is 0.269 e. The Morgan fingerprint density at radius 3 is 2.27 bits per heavy atom. The highest BCUT2D eigenvalue weighted by atomic mass is 32.2. The molecule has 0 spiro atoms. The van der Waals surface area contributed by atoms with Gasteiger partial charge in [-0.05, 0) is 29.8 Å². The van der Waals surface area contributed by atoms with Crippen LogP contribution in [-0.4, -0.2) is 41.5 Å². The minimum atomic E-state index is -0.456. The molecule has 2 aromatic rings. The lowest BCUT2D eigenvalue weighted by Gasteiger charge is -2.17. The van der Waals surface area contributed by atoms with E-state index >= 15 is 0 Å². The van der Waals surface area contributed by atoms with E-state index in [4.69, 9.17) is 0 Å². The maximum Gasteiger partial charge on any atom is 0.269 e. The molecule has 136 valence electrons. The van der Waals surface area contributed by atoms with Crippen molar-refractivity contribution in [1.29, 1.82) is 0 Å². The molecule has 0 aliphatic heterocycles. The van der Waals surface area contributed by atoms with Crippen molar-refractivity contribution in [3.05, 3.63) is 69.8 Å². The quantitative estimate of drug-likeness (QED) is 0.458. The standard InChI is InChI=1S/C18H19N3O4S/c1-19-18(23)14-5-3-13(4-6-14)11-20(2)17(22)12-26-16-9-7-15(8-10-16)21(24)25/h3-10H,11-12H2,1-2H3,(H,19,23). The molecule has 0 unspecified atom stereocenters. The molecule has 1 N–H and O–H groups in total. The van der Waals surface area contributed by atoms with E-state index in [1.54, 1.807) is 43.3 Å². The third-order valence-corrected chi connectivity index (χ3v) is 4.70. The summed E-state index contributed by atoms with van der Waals surface area (Å²) >= 11 is 1.33. The second-order valence-electron chi connectivity index (χ2n) is 5.57. The van der Waals surface area contributed by atoms with Gasteiger partial charge in [-0.25, -0.2) is 0 Å². The summed E-state index contributed by atoms with van der Waals surface area (Å²) < 4.78 is 0. The lowest BCUT2D eigenvalue weighted by molar-refractivity contribution is -0.384. The fraction of sp³-hybridized carbons (Fsp3) is 0.222. The molecule has 0 aromatic heterocycles. The number of thioether (sulfide) groups is 1. The first-order valence-electron chi connectivity index (χ1n) is 7.83. The van der Waals surface area contributed by atoms with Crippen molar-refractivity contribution in [2.75, 3.05) is 19.8 Å². The van der Waals surface area contributed by atoms with Gasteiger partial charge in [-0.2, -0.15) is 0 Å². The Morgan fingerprint density at radius 1 is 1.12 bits per heavy atom. The van der Waals surface area contributed by atoms with E-state index in [1.165, 1.54) is 23.9 Å². The van der Waals surface area contributed by atoms with Gasteiger partial charge < -0.3 is 10.2 Å². The van der Waals surface area contributed by atoms with Gasteiger partial charge in [0.1, 0.15) is 0 Å². The predicted molar refractivity (Wildman–Crippen MR) is 100 cm³/mol. The van der Waals surface area contributed by atoms with Gasteiger partial charge in [0.15, 0.2) is 0 Å². The highest BCUT2D eigenvalue weighted by Crippen LogP contribution is 2.21. The lowest BCUT2D eigenvalue weighted by Crippen LogP contribution is -2.27. The van der Waals surface area contributed by atoms with Crippen LogP contribution in [0.2, 0.25) is 0 Å². The minimum Gasteiger partial charge on any atom is -0.355 e. The Labute approximate surface area is 155 Å². The summed E-state index contributed by atoms with van der Waals surface area (Å²) in [5, 5.41) is 13.2. The van der Waals surface area contributed by atoms with Gasteiger partial charge in [-0.1, -0.05) is 12.1 Å². The molecule has 2 aromatic carbocycles. The number of hydrogen-bond donors (Lipinski definition) is 1. The van der Waals surface area contributed by atoms with Gasteiger partial charge in [0, 0.05) is 43.2 Å². The molecule has 0 heterocycles. The summed E-state index contributed by atoms with van der Waals surface area (Å²) in [6.45, 7) is 0.438. The summed E-state index contributed by atoms with van der Waals surface area (Å²) in [6.07, 6.45) is 0. The average molecular weight is 373 g/mol. The predicted octanol–water partition coefficient (Wildman–Crippen LogP) is 2.71. The van der Waals surface area contributed by atoms with Crippen molar-refractivity contribution in [1.82, 2.24) is 10.2 Å². The molecule has 0 aliphatic carbocycles. The van der Waals surface area contributed by atoms with E-state index in [1.807, 2.05) is 12.1 Å². The molecule has 0 radical (unpaired) electrons. The van der Waals surface area contributed by atoms with E-state index in [0.717, 1.165) is 10.5 Å². The molecule has 2 amide bonds. The number of benzene rings is 2.